The molecular formula is C15H11N3O3. The van der Waals surface area contributed by atoms with Gasteiger partial charge in [-0.05, 0) is 12.1 Å². The lowest BCUT2D eigenvalue weighted by Crippen LogP contribution is -2.30. The Balaban J connectivity index is 2.07. The summed E-state index contributed by atoms with van der Waals surface area (Å²) in [7, 11) is 0. The lowest BCUT2D eigenvalue weighted by Gasteiger charge is -2.22. The van der Waals surface area contributed by atoms with Gasteiger partial charge in [0.2, 0.25) is 0 Å². The maximum absolute atomic E-state index is 12.7. The van der Waals surface area contributed by atoms with Gasteiger partial charge in [0.15, 0.2) is 5.69 Å². The molecule has 2 aromatic rings. The summed E-state index contributed by atoms with van der Waals surface area (Å²) in [6.07, 6.45) is 5.20. The van der Waals surface area contributed by atoms with Gasteiger partial charge in [0, 0.05) is 6.54 Å². The van der Waals surface area contributed by atoms with Gasteiger partial charge < -0.3 is 10.0 Å². The van der Waals surface area contributed by atoms with E-state index in [1.54, 1.807) is 27.7 Å². The van der Waals surface area contributed by atoms with Crippen molar-refractivity contribution in [1.29, 1.82) is 0 Å². The average Bonchev–Trinajstić information content (AvgIpc) is 3.10. The van der Waals surface area contributed by atoms with E-state index in [2.05, 4.69) is 4.98 Å². The first-order valence-electron chi connectivity index (χ1n) is 6.56. The Hall–Kier alpha value is -2.89. The minimum Gasteiger partial charge on any atom is -0.476 e. The Morgan fingerprint density at radius 3 is 2.95 bits per heavy atom. The predicted octanol–water partition coefficient (Wildman–Crippen LogP) is 1.64. The van der Waals surface area contributed by atoms with Gasteiger partial charge in [-0.15, -0.1) is 0 Å². The van der Waals surface area contributed by atoms with Crippen LogP contribution in [0.3, 0.4) is 0 Å². The van der Waals surface area contributed by atoms with Crippen LogP contribution < -0.4 is 0 Å². The zero-order valence-electron chi connectivity index (χ0n) is 10.9. The summed E-state index contributed by atoms with van der Waals surface area (Å²) in [6.45, 7) is 0.474. The van der Waals surface area contributed by atoms with Crippen LogP contribution in [-0.2, 0) is 0 Å². The number of rotatable bonds is 1. The number of aromatic nitrogens is 2. The fraction of sp³-hybridized carbons (Fsp3) is 0.133. The van der Waals surface area contributed by atoms with Crippen LogP contribution in [-0.4, -0.2) is 38.0 Å². The van der Waals surface area contributed by atoms with Gasteiger partial charge in [0.05, 0.1) is 23.0 Å². The van der Waals surface area contributed by atoms with Crippen LogP contribution in [0.2, 0.25) is 0 Å². The predicted molar refractivity (Wildman–Crippen MR) is 73.4 cm³/mol. The number of carbonyl (C=O) groups excluding carboxylic acids is 1. The molecule has 0 aliphatic carbocycles. The fourth-order valence-corrected chi connectivity index (χ4v) is 2.99. The largest absolute Gasteiger partial charge is 0.476 e. The van der Waals surface area contributed by atoms with Gasteiger partial charge in [-0.3, -0.25) is 9.36 Å². The van der Waals surface area contributed by atoms with Gasteiger partial charge in [-0.1, -0.05) is 24.3 Å². The second kappa shape index (κ2) is 4.05. The van der Waals surface area contributed by atoms with Crippen LogP contribution >= 0.6 is 0 Å². The highest BCUT2D eigenvalue weighted by Gasteiger charge is 2.37. The quantitative estimate of drug-likeness (QED) is 0.806. The number of nitrogens with zero attached hydrogens (tertiary/aromatic N) is 3. The molecule has 1 N–H and O–H groups in total. The van der Waals surface area contributed by atoms with Gasteiger partial charge in [0.25, 0.3) is 5.91 Å². The van der Waals surface area contributed by atoms with Crippen molar-refractivity contribution < 1.29 is 14.7 Å². The molecule has 0 radical (unpaired) electrons. The molecular weight excluding hydrogens is 270 g/mol. The van der Waals surface area contributed by atoms with E-state index in [-0.39, 0.29) is 11.6 Å². The molecule has 0 fully saturated rings. The van der Waals surface area contributed by atoms with E-state index < -0.39 is 12.0 Å². The number of hydrogen-bond donors (Lipinski definition) is 1. The van der Waals surface area contributed by atoms with E-state index >= 15 is 0 Å². The van der Waals surface area contributed by atoms with Crippen LogP contribution in [0, 0.1) is 0 Å². The number of hydrogen-bond acceptors (Lipinski definition) is 3. The molecule has 1 aromatic carbocycles. The number of aromatic carboxylic acids is 1. The van der Waals surface area contributed by atoms with Crippen molar-refractivity contribution in [1.82, 2.24) is 14.5 Å². The number of imidazole rings is 1. The van der Waals surface area contributed by atoms with Gasteiger partial charge in [0.1, 0.15) is 6.33 Å². The van der Waals surface area contributed by atoms with Crippen molar-refractivity contribution in [3.05, 3.63) is 59.7 Å². The molecule has 2 aliphatic heterocycles. The van der Waals surface area contributed by atoms with Crippen molar-refractivity contribution in [3.8, 4) is 5.69 Å². The second-order valence-electron chi connectivity index (χ2n) is 5.00. The number of fused-ring (bicyclic) bond motifs is 5. The molecule has 0 spiro atoms. The summed E-state index contributed by atoms with van der Waals surface area (Å²) >= 11 is 0. The van der Waals surface area contributed by atoms with Crippen molar-refractivity contribution in [2.75, 3.05) is 6.54 Å². The third-order valence-corrected chi connectivity index (χ3v) is 3.90. The number of carboxylic acid groups (broad SMARTS) is 1. The molecule has 1 amide bonds. The van der Waals surface area contributed by atoms with E-state index in [1.165, 1.54) is 6.33 Å². The molecule has 104 valence electrons. The lowest BCUT2D eigenvalue weighted by atomic mass is 10.1. The summed E-state index contributed by atoms with van der Waals surface area (Å²) in [4.78, 5) is 29.8. The van der Waals surface area contributed by atoms with Gasteiger partial charge in [-0.2, -0.15) is 0 Å². The molecule has 4 rings (SSSR count). The van der Waals surface area contributed by atoms with Crippen molar-refractivity contribution in [3.63, 3.8) is 0 Å². The van der Waals surface area contributed by atoms with Crippen molar-refractivity contribution >= 4 is 11.9 Å². The Kier molecular flexibility index (Phi) is 2.29. The smallest absolute Gasteiger partial charge is 0.356 e. The fourth-order valence-electron chi connectivity index (χ4n) is 2.99. The Morgan fingerprint density at radius 2 is 2.14 bits per heavy atom. The molecule has 6 nitrogen and oxygen atoms in total. The van der Waals surface area contributed by atoms with Crippen molar-refractivity contribution in [2.24, 2.45) is 0 Å². The molecule has 0 unspecified atom stereocenters. The summed E-state index contributed by atoms with van der Waals surface area (Å²) in [5.41, 5.74) is 1.73. The molecule has 3 heterocycles. The first kappa shape index (κ1) is 11.9. The average molecular weight is 281 g/mol. The van der Waals surface area contributed by atoms with Crippen LogP contribution in [0.15, 0.2) is 42.7 Å². The van der Waals surface area contributed by atoms with Crippen LogP contribution in [0.25, 0.3) is 5.69 Å². The van der Waals surface area contributed by atoms with Crippen LogP contribution in [0.5, 0.6) is 0 Å². The summed E-state index contributed by atoms with van der Waals surface area (Å²) < 4.78 is 1.71. The summed E-state index contributed by atoms with van der Waals surface area (Å²) in [6, 6.07) is 6.79. The highest BCUT2D eigenvalue weighted by Crippen LogP contribution is 2.36. The zero-order chi connectivity index (χ0) is 14.6. The van der Waals surface area contributed by atoms with E-state index in [1.807, 2.05) is 18.2 Å². The topological polar surface area (TPSA) is 75.4 Å². The first-order valence-corrected chi connectivity index (χ1v) is 6.56. The number of benzene rings is 1. The SMILES string of the molecule is O=C(O)c1ncn2c1[C@H]1C=CCN1C(=O)c1ccccc1-2. The highest BCUT2D eigenvalue weighted by atomic mass is 16.4. The van der Waals surface area contributed by atoms with Gasteiger partial charge in [-0.25, -0.2) is 9.78 Å². The number of para-hydroxylation sites is 1. The Bertz CT molecular complexity index is 806. The van der Waals surface area contributed by atoms with Crippen LogP contribution in [0.4, 0.5) is 0 Å². The normalized spacial score (nSPS) is 19.0. The molecule has 1 aromatic heterocycles. The molecule has 0 bridgehead atoms. The molecule has 0 saturated carbocycles. The monoisotopic (exact) mass is 281 g/mol. The zero-order valence-corrected chi connectivity index (χ0v) is 10.9. The molecule has 1 atom stereocenters. The van der Waals surface area contributed by atoms with Crippen molar-refractivity contribution in [2.45, 2.75) is 6.04 Å². The van der Waals surface area contributed by atoms with E-state index in [0.717, 1.165) is 0 Å². The second-order valence-corrected chi connectivity index (χ2v) is 5.00. The number of carboxylic acids is 1. The Morgan fingerprint density at radius 1 is 1.33 bits per heavy atom. The van der Waals surface area contributed by atoms with E-state index in [0.29, 0.717) is 23.5 Å². The molecule has 0 saturated heterocycles. The van der Waals surface area contributed by atoms with E-state index in [9.17, 15) is 14.7 Å². The number of carbonyl (C=O) groups is 2. The maximum Gasteiger partial charge on any atom is 0.356 e. The third-order valence-electron chi connectivity index (χ3n) is 3.90. The standard InChI is InChI=1S/C15H11N3O3/c19-14-9-4-1-2-5-10(9)18-8-16-12(15(20)21)13(18)11-6-3-7-17(11)14/h1-6,8,11H,7H2,(H,20,21)/t11-/m1/s1. The maximum atomic E-state index is 12.7. The molecule has 6 heteroatoms. The summed E-state index contributed by atoms with van der Waals surface area (Å²) in [5, 5.41) is 9.35. The van der Waals surface area contributed by atoms with Gasteiger partial charge >= 0.3 is 5.97 Å². The van der Waals surface area contributed by atoms with Crippen LogP contribution in [0.1, 0.15) is 32.6 Å². The van der Waals surface area contributed by atoms with E-state index in [4.69, 9.17) is 0 Å². The molecule has 21 heavy (non-hydrogen) atoms. The highest BCUT2D eigenvalue weighted by molar-refractivity contribution is 6.00. The third kappa shape index (κ3) is 1.50. The Labute approximate surface area is 119 Å². The number of amides is 1. The minimum absolute atomic E-state index is 0.0129. The first-order chi connectivity index (χ1) is 10.2. The molecule has 2 aliphatic rings. The minimum atomic E-state index is -1.09. The lowest BCUT2D eigenvalue weighted by molar-refractivity contribution is 0.0677. The summed E-state index contributed by atoms with van der Waals surface area (Å²) in [5.74, 6) is -1.18.